The summed E-state index contributed by atoms with van der Waals surface area (Å²) in [6.45, 7) is 9.36. The van der Waals surface area contributed by atoms with Gasteiger partial charge in [-0.3, -0.25) is 4.79 Å². The van der Waals surface area contributed by atoms with Crippen molar-refractivity contribution in [2.24, 2.45) is 4.99 Å². The number of hydrogen-bond acceptors (Lipinski definition) is 5. The third-order valence-corrected chi connectivity index (χ3v) is 6.25. The van der Waals surface area contributed by atoms with E-state index in [1.807, 2.05) is 47.6 Å². The highest BCUT2D eigenvalue weighted by atomic mass is 127. The van der Waals surface area contributed by atoms with E-state index >= 15 is 0 Å². The molecule has 3 rings (SSSR count). The van der Waals surface area contributed by atoms with Crippen LogP contribution in [0.3, 0.4) is 0 Å². The van der Waals surface area contributed by atoms with Gasteiger partial charge in [0.1, 0.15) is 5.82 Å². The first-order chi connectivity index (χ1) is 14.7. The van der Waals surface area contributed by atoms with Crippen LogP contribution in [-0.4, -0.2) is 61.0 Å². The van der Waals surface area contributed by atoms with Crippen LogP contribution < -0.4 is 15.5 Å². The van der Waals surface area contributed by atoms with E-state index < -0.39 is 0 Å². The van der Waals surface area contributed by atoms with Crippen LogP contribution in [0.2, 0.25) is 0 Å². The number of carbonyl (C=O) groups is 1. The average Bonchev–Trinajstić information content (AvgIpc) is 3.26. The molecular weight excluding hydrogens is 523 g/mol. The molecule has 0 spiro atoms. The van der Waals surface area contributed by atoms with E-state index in [2.05, 4.69) is 44.6 Å². The summed E-state index contributed by atoms with van der Waals surface area (Å²) in [6, 6.07) is 10.2. The number of piperazine rings is 1. The van der Waals surface area contributed by atoms with Gasteiger partial charge in [0.05, 0.1) is 6.54 Å². The lowest BCUT2D eigenvalue weighted by molar-refractivity contribution is -0.131. The van der Waals surface area contributed by atoms with Crippen LogP contribution in [-0.2, 0) is 17.8 Å². The Morgan fingerprint density at radius 2 is 1.87 bits per heavy atom. The second kappa shape index (κ2) is 13.5. The zero-order valence-corrected chi connectivity index (χ0v) is 21.5. The van der Waals surface area contributed by atoms with Crippen LogP contribution in [0.15, 0.2) is 41.5 Å². The minimum Gasteiger partial charge on any atom is -0.357 e. The summed E-state index contributed by atoms with van der Waals surface area (Å²) in [5, 5.41) is 6.55. The molecule has 0 unspecified atom stereocenters. The van der Waals surface area contributed by atoms with Gasteiger partial charge >= 0.3 is 0 Å². The minimum atomic E-state index is 0. The Bertz CT molecular complexity index is 820. The number of pyridine rings is 1. The number of carbonyl (C=O) groups excluding carboxylic acids is 1. The average molecular weight is 557 g/mol. The second-order valence-corrected chi connectivity index (χ2v) is 8.40. The highest BCUT2D eigenvalue weighted by Gasteiger charge is 2.21. The smallest absolute Gasteiger partial charge is 0.224 e. The van der Waals surface area contributed by atoms with Crippen molar-refractivity contribution in [3.63, 3.8) is 0 Å². The maximum atomic E-state index is 12.6. The van der Waals surface area contributed by atoms with Crippen molar-refractivity contribution in [1.29, 1.82) is 0 Å². The van der Waals surface area contributed by atoms with E-state index in [4.69, 9.17) is 0 Å². The molecule has 1 saturated heterocycles. The van der Waals surface area contributed by atoms with Gasteiger partial charge in [-0.1, -0.05) is 13.0 Å². The molecule has 9 heteroatoms. The fraction of sp³-hybridized carbons (Fsp3) is 0.500. The summed E-state index contributed by atoms with van der Waals surface area (Å²) in [4.78, 5) is 28.4. The Hall–Kier alpha value is -1.88. The van der Waals surface area contributed by atoms with Gasteiger partial charge in [-0.05, 0) is 37.6 Å². The molecule has 170 valence electrons. The number of aryl methyl sites for hydroxylation is 1. The standard InChI is InChI=1S/C22H32N6OS.HI/c1-3-18-8-9-19(30-18)17-26-22(23-4-2)25-12-10-21(29)28-15-13-27(14-16-28)20-7-5-6-11-24-20;/h5-9,11H,3-4,10,12-17H2,1-2H3,(H2,23,25,26);1H. The quantitative estimate of drug-likeness (QED) is 0.297. The molecule has 31 heavy (non-hydrogen) atoms. The Morgan fingerprint density at radius 1 is 1.10 bits per heavy atom. The molecule has 0 aliphatic carbocycles. The molecule has 0 bridgehead atoms. The fourth-order valence-corrected chi connectivity index (χ4v) is 4.25. The number of nitrogens with zero attached hydrogens (tertiary/aromatic N) is 4. The van der Waals surface area contributed by atoms with Crippen molar-refractivity contribution in [3.8, 4) is 0 Å². The molecule has 1 aliphatic heterocycles. The van der Waals surface area contributed by atoms with E-state index in [9.17, 15) is 4.79 Å². The number of aliphatic imine (C=N–C) groups is 1. The Kier molecular flexibility index (Phi) is 11.1. The molecule has 2 aromatic rings. The summed E-state index contributed by atoms with van der Waals surface area (Å²) in [7, 11) is 0. The summed E-state index contributed by atoms with van der Waals surface area (Å²) >= 11 is 1.81. The largest absolute Gasteiger partial charge is 0.357 e. The first kappa shape index (κ1) is 25.4. The third kappa shape index (κ3) is 7.95. The van der Waals surface area contributed by atoms with Crippen LogP contribution in [0.5, 0.6) is 0 Å². The maximum Gasteiger partial charge on any atom is 0.224 e. The van der Waals surface area contributed by atoms with E-state index in [-0.39, 0.29) is 29.9 Å². The lowest BCUT2D eigenvalue weighted by atomic mass is 10.2. The lowest BCUT2D eigenvalue weighted by Crippen LogP contribution is -2.49. The summed E-state index contributed by atoms with van der Waals surface area (Å²) in [5.74, 6) is 1.93. The predicted molar refractivity (Wildman–Crippen MR) is 140 cm³/mol. The molecule has 0 saturated carbocycles. The van der Waals surface area contributed by atoms with Gasteiger partial charge in [0.2, 0.25) is 5.91 Å². The summed E-state index contributed by atoms with van der Waals surface area (Å²) in [5.41, 5.74) is 0. The number of guanidine groups is 1. The zero-order chi connectivity index (χ0) is 21.2. The third-order valence-electron chi connectivity index (χ3n) is 5.04. The maximum absolute atomic E-state index is 12.6. The number of amides is 1. The fourth-order valence-electron chi connectivity index (χ4n) is 3.37. The molecule has 1 amide bonds. The van der Waals surface area contributed by atoms with Crippen molar-refractivity contribution >= 4 is 53.0 Å². The van der Waals surface area contributed by atoms with E-state index in [1.165, 1.54) is 9.75 Å². The summed E-state index contributed by atoms with van der Waals surface area (Å²) < 4.78 is 0. The Morgan fingerprint density at radius 3 is 2.52 bits per heavy atom. The molecule has 3 heterocycles. The topological polar surface area (TPSA) is 72.9 Å². The van der Waals surface area contributed by atoms with Crippen LogP contribution in [0.1, 0.15) is 30.0 Å². The van der Waals surface area contributed by atoms with E-state index in [0.717, 1.165) is 50.9 Å². The molecular formula is C22H33IN6OS. The number of aromatic nitrogens is 1. The van der Waals surface area contributed by atoms with Gasteiger partial charge in [0.15, 0.2) is 5.96 Å². The van der Waals surface area contributed by atoms with Gasteiger partial charge in [0.25, 0.3) is 0 Å². The van der Waals surface area contributed by atoms with Gasteiger partial charge in [-0.15, -0.1) is 35.3 Å². The number of thiophene rings is 1. The van der Waals surface area contributed by atoms with Crippen molar-refractivity contribution < 1.29 is 4.79 Å². The monoisotopic (exact) mass is 556 g/mol. The van der Waals surface area contributed by atoms with Crippen molar-refractivity contribution in [1.82, 2.24) is 20.5 Å². The SMILES string of the molecule is CCNC(=NCc1ccc(CC)s1)NCCC(=O)N1CCN(c2ccccn2)CC1.I. The second-order valence-electron chi connectivity index (χ2n) is 7.15. The zero-order valence-electron chi connectivity index (χ0n) is 18.3. The van der Waals surface area contributed by atoms with Crippen LogP contribution in [0.25, 0.3) is 0 Å². The number of halogens is 1. The highest BCUT2D eigenvalue weighted by molar-refractivity contribution is 14.0. The minimum absolute atomic E-state index is 0. The van der Waals surface area contributed by atoms with Gasteiger partial charge in [0, 0.05) is 61.6 Å². The number of hydrogen-bond donors (Lipinski definition) is 2. The molecule has 1 aliphatic rings. The number of nitrogens with one attached hydrogen (secondary N) is 2. The molecule has 0 atom stereocenters. The Balaban J connectivity index is 0.00000341. The summed E-state index contributed by atoms with van der Waals surface area (Å²) in [6.07, 6.45) is 3.33. The molecule has 1 fully saturated rings. The highest BCUT2D eigenvalue weighted by Crippen LogP contribution is 2.17. The van der Waals surface area contributed by atoms with Gasteiger partial charge in [-0.25, -0.2) is 9.98 Å². The van der Waals surface area contributed by atoms with Crippen molar-refractivity contribution in [2.75, 3.05) is 44.2 Å². The molecule has 0 radical (unpaired) electrons. The molecule has 2 aromatic heterocycles. The molecule has 7 nitrogen and oxygen atoms in total. The van der Waals surface area contributed by atoms with Gasteiger partial charge in [-0.2, -0.15) is 0 Å². The molecule has 2 N–H and O–H groups in total. The number of rotatable bonds is 8. The number of anilines is 1. The predicted octanol–water partition coefficient (Wildman–Crippen LogP) is 3.12. The van der Waals surface area contributed by atoms with Crippen LogP contribution >= 0.6 is 35.3 Å². The van der Waals surface area contributed by atoms with E-state index in [0.29, 0.717) is 19.5 Å². The lowest BCUT2D eigenvalue weighted by Gasteiger charge is -2.35. The first-order valence-electron chi connectivity index (χ1n) is 10.7. The molecule has 0 aromatic carbocycles. The normalized spacial score (nSPS) is 14.2. The van der Waals surface area contributed by atoms with E-state index in [1.54, 1.807) is 0 Å². The van der Waals surface area contributed by atoms with Crippen molar-refractivity contribution in [2.45, 2.75) is 33.2 Å². The van der Waals surface area contributed by atoms with Crippen molar-refractivity contribution in [3.05, 3.63) is 46.3 Å². The first-order valence-corrected chi connectivity index (χ1v) is 11.5. The van der Waals surface area contributed by atoms with Gasteiger partial charge < -0.3 is 20.4 Å². The van der Waals surface area contributed by atoms with Crippen LogP contribution in [0.4, 0.5) is 5.82 Å². The van der Waals surface area contributed by atoms with Crippen LogP contribution in [0, 0.1) is 0 Å². The Labute approximate surface area is 206 Å².